The molecule has 0 aliphatic carbocycles. The van der Waals surface area contributed by atoms with E-state index in [9.17, 15) is 9.59 Å². The van der Waals surface area contributed by atoms with Gasteiger partial charge in [0, 0.05) is 29.9 Å². The van der Waals surface area contributed by atoms with Crippen LogP contribution in [0.25, 0.3) is 0 Å². The number of hydrogen-bond donors (Lipinski definition) is 1. The van der Waals surface area contributed by atoms with Crippen LogP contribution in [0.5, 0.6) is 5.75 Å². The van der Waals surface area contributed by atoms with Crippen molar-refractivity contribution in [3.05, 3.63) is 88.4 Å². The average molecular weight is 421 g/mol. The van der Waals surface area contributed by atoms with Crippen LogP contribution in [0.1, 0.15) is 27.9 Å². The molecule has 1 aliphatic heterocycles. The van der Waals surface area contributed by atoms with Crippen LogP contribution in [-0.2, 0) is 17.8 Å². The van der Waals surface area contributed by atoms with Gasteiger partial charge in [0.2, 0.25) is 5.91 Å². The van der Waals surface area contributed by atoms with Crippen LogP contribution >= 0.6 is 11.6 Å². The van der Waals surface area contributed by atoms with Crippen LogP contribution in [0.4, 0.5) is 11.4 Å². The molecule has 3 aromatic rings. The van der Waals surface area contributed by atoms with Gasteiger partial charge in [-0.3, -0.25) is 9.59 Å². The summed E-state index contributed by atoms with van der Waals surface area (Å²) in [6.07, 6.45) is 1.14. The fourth-order valence-corrected chi connectivity index (χ4v) is 3.58. The van der Waals surface area contributed by atoms with Crippen molar-refractivity contribution in [2.45, 2.75) is 19.4 Å². The summed E-state index contributed by atoms with van der Waals surface area (Å²) in [5.74, 6) is 0.362. The number of nitrogens with one attached hydrogen (secondary N) is 1. The number of amides is 2. The Labute approximate surface area is 180 Å². The molecule has 0 fully saturated rings. The maximum atomic E-state index is 12.9. The highest BCUT2D eigenvalue weighted by Gasteiger charge is 2.21. The summed E-state index contributed by atoms with van der Waals surface area (Å²) in [6, 6.07) is 20.1. The Hall–Kier alpha value is -3.31. The molecule has 0 aromatic heterocycles. The number of carbonyl (C=O) groups excluding carboxylic acids is 2. The molecule has 30 heavy (non-hydrogen) atoms. The van der Waals surface area contributed by atoms with E-state index in [0.29, 0.717) is 41.5 Å². The third-order valence-corrected chi connectivity index (χ3v) is 5.37. The summed E-state index contributed by atoms with van der Waals surface area (Å²) >= 11 is 5.92. The number of benzene rings is 3. The number of fused-ring (bicyclic) bond motifs is 1. The minimum absolute atomic E-state index is 0.103. The lowest BCUT2D eigenvalue weighted by Gasteiger charge is -2.26. The highest BCUT2D eigenvalue weighted by atomic mass is 35.5. The van der Waals surface area contributed by atoms with Crippen molar-refractivity contribution in [3.8, 4) is 5.75 Å². The zero-order valence-electron chi connectivity index (χ0n) is 16.5. The summed E-state index contributed by atoms with van der Waals surface area (Å²) in [5.41, 5.74) is 4.03. The van der Waals surface area contributed by atoms with E-state index in [1.54, 1.807) is 42.3 Å². The SMILES string of the molecule is CN1C(=O)CCc2cc(NC(=O)c3ccccc3OCc3ccc(Cl)cc3)ccc21. The lowest BCUT2D eigenvalue weighted by molar-refractivity contribution is -0.118. The monoisotopic (exact) mass is 420 g/mol. The number of anilines is 2. The maximum Gasteiger partial charge on any atom is 0.259 e. The van der Waals surface area contributed by atoms with E-state index in [1.807, 2.05) is 36.4 Å². The van der Waals surface area contributed by atoms with Gasteiger partial charge in [0.1, 0.15) is 12.4 Å². The van der Waals surface area contributed by atoms with E-state index in [-0.39, 0.29) is 11.8 Å². The smallest absolute Gasteiger partial charge is 0.259 e. The van der Waals surface area contributed by atoms with E-state index in [0.717, 1.165) is 16.8 Å². The highest BCUT2D eigenvalue weighted by Crippen LogP contribution is 2.30. The number of hydrogen-bond acceptors (Lipinski definition) is 3. The van der Waals surface area contributed by atoms with Crippen LogP contribution in [0.3, 0.4) is 0 Å². The Morgan fingerprint density at radius 3 is 2.63 bits per heavy atom. The molecular weight excluding hydrogens is 400 g/mol. The van der Waals surface area contributed by atoms with Crippen LogP contribution < -0.4 is 15.0 Å². The Morgan fingerprint density at radius 2 is 1.83 bits per heavy atom. The summed E-state index contributed by atoms with van der Waals surface area (Å²) in [5, 5.41) is 3.61. The summed E-state index contributed by atoms with van der Waals surface area (Å²) in [7, 11) is 1.77. The van der Waals surface area contributed by atoms with Crippen molar-refractivity contribution in [1.29, 1.82) is 0 Å². The Balaban J connectivity index is 1.49. The Morgan fingerprint density at radius 1 is 1.07 bits per heavy atom. The number of para-hydroxylation sites is 1. The van der Waals surface area contributed by atoms with Gasteiger partial charge in [-0.2, -0.15) is 0 Å². The molecule has 1 aliphatic rings. The minimum atomic E-state index is -0.248. The van der Waals surface area contributed by atoms with Gasteiger partial charge >= 0.3 is 0 Å². The van der Waals surface area contributed by atoms with Crippen molar-refractivity contribution in [2.24, 2.45) is 0 Å². The first-order chi connectivity index (χ1) is 14.5. The molecule has 4 rings (SSSR count). The second-order valence-electron chi connectivity index (χ2n) is 7.16. The number of rotatable bonds is 5. The van der Waals surface area contributed by atoms with Crippen molar-refractivity contribution in [3.63, 3.8) is 0 Å². The zero-order chi connectivity index (χ0) is 21.1. The quantitative estimate of drug-likeness (QED) is 0.626. The Kier molecular flexibility index (Phi) is 5.72. The lowest BCUT2D eigenvalue weighted by atomic mass is 10.0. The van der Waals surface area contributed by atoms with E-state index >= 15 is 0 Å². The minimum Gasteiger partial charge on any atom is -0.488 e. The molecule has 0 atom stereocenters. The zero-order valence-corrected chi connectivity index (χ0v) is 17.3. The van der Waals surface area contributed by atoms with Gasteiger partial charge in [0.25, 0.3) is 5.91 Å². The molecule has 2 amide bonds. The molecule has 152 valence electrons. The first kappa shape index (κ1) is 20.0. The largest absolute Gasteiger partial charge is 0.488 e. The van der Waals surface area contributed by atoms with Gasteiger partial charge < -0.3 is 15.0 Å². The third kappa shape index (κ3) is 4.31. The number of aryl methyl sites for hydroxylation is 1. The van der Waals surface area contributed by atoms with Crippen molar-refractivity contribution < 1.29 is 14.3 Å². The lowest BCUT2D eigenvalue weighted by Crippen LogP contribution is -2.31. The maximum absolute atomic E-state index is 12.9. The fraction of sp³-hybridized carbons (Fsp3) is 0.167. The summed E-state index contributed by atoms with van der Waals surface area (Å²) in [6.45, 7) is 0.334. The Bertz CT molecular complexity index is 1100. The van der Waals surface area contributed by atoms with Gasteiger partial charge in [-0.05, 0) is 60.0 Å². The topological polar surface area (TPSA) is 58.6 Å². The molecule has 5 nitrogen and oxygen atoms in total. The van der Waals surface area contributed by atoms with Crippen molar-refractivity contribution >= 4 is 34.8 Å². The van der Waals surface area contributed by atoms with E-state index in [4.69, 9.17) is 16.3 Å². The molecule has 1 heterocycles. The average Bonchev–Trinajstić information content (AvgIpc) is 2.76. The van der Waals surface area contributed by atoms with Crippen LogP contribution in [0.2, 0.25) is 5.02 Å². The normalized spacial score (nSPS) is 13.0. The first-order valence-electron chi connectivity index (χ1n) is 9.68. The number of ether oxygens (including phenoxy) is 1. The third-order valence-electron chi connectivity index (χ3n) is 5.12. The standard InChI is InChI=1S/C24H21ClN2O3/c1-27-21-12-11-19(14-17(21)8-13-23(27)28)26-24(29)20-4-2-3-5-22(20)30-15-16-6-9-18(25)10-7-16/h2-7,9-12,14H,8,13,15H2,1H3,(H,26,29). The molecule has 3 aromatic carbocycles. The van der Waals surface area contributed by atoms with Gasteiger partial charge in [-0.15, -0.1) is 0 Å². The molecular formula is C24H21ClN2O3. The van der Waals surface area contributed by atoms with Gasteiger partial charge in [0.15, 0.2) is 0 Å². The molecule has 0 radical (unpaired) electrons. The molecule has 0 saturated carbocycles. The van der Waals surface area contributed by atoms with Crippen molar-refractivity contribution in [1.82, 2.24) is 0 Å². The number of nitrogens with zero attached hydrogens (tertiary/aromatic N) is 1. The summed E-state index contributed by atoms with van der Waals surface area (Å²) < 4.78 is 5.89. The molecule has 6 heteroatoms. The highest BCUT2D eigenvalue weighted by molar-refractivity contribution is 6.30. The predicted octanol–water partition coefficient (Wildman–Crippen LogP) is 5.08. The predicted molar refractivity (Wildman–Crippen MR) is 118 cm³/mol. The summed E-state index contributed by atoms with van der Waals surface area (Å²) in [4.78, 5) is 26.4. The second kappa shape index (κ2) is 8.59. The van der Waals surface area contributed by atoms with Crippen LogP contribution in [0, 0.1) is 0 Å². The van der Waals surface area contributed by atoms with Crippen LogP contribution in [0.15, 0.2) is 66.7 Å². The van der Waals surface area contributed by atoms with Gasteiger partial charge in [-0.1, -0.05) is 35.9 Å². The van der Waals surface area contributed by atoms with Gasteiger partial charge in [-0.25, -0.2) is 0 Å². The fourth-order valence-electron chi connectivity index (χ4n) is 3.45. The number of halogens is 1. The molecule has 1 N–H and O–H groups in total. The molecule has 0 bridgehead atoms. The van der Waals surface area contributed by atoms with E-state index in [2.05, 4.69) is 5.32 Å². The molecule has 0 saturated heterocycles. The van der Waals surface area contributed by atoms with E-state index in [1.165, 1.54) is 0 Å². The van der Waals surface area contributed by atoms with Gasteiger partial charge in [0.05, 0.1) is 5.56 Å². The second-order valence-corrected chi connectivity index (χ2v) is 7.60. The first-order valence-corrected chi connectivity index (χ1v) is 10.1. The molecule has 0 spiro atoms. The van der Waals surface area contributed by atoms with Crippen molar-refractivity contribution in [2.75, 3.05) is 17.3 Å². The van der Waals surface area contributed by atoms with E-state index < -0.39 is 0 Å². The molecule has 0 unspecified atom stereocenters. The number of carbonyl (C=O) groups is 2. The van der Waals surface area contributed by atoms with Crippen LogP contribution in [-0.4, -0.2) is 18.9 Å².